The van der Waals surface area contributed by atoms with Crippen LogP contribution in [0, 0.1) is 5.92 Å². The number of nitrogens with zero attached hydrogens (tertiary/aromatic N) is 1. The lowest BCUT2D eigenvalue weighted by atomic mass is 9.90. The Kier molecular flexibility index (Phi) is 4.12. The molecule has 1 aromatic heterocycles. The first-order chi connectivity index (χ1) is 7.81. The zero-order valence-electron chi connectivity index (χ0n) is 9.03. The number of pyridine rings is 1. The predicted molar refractivity (Wildman–Crippen MR) is 62.9 cm³/mol. The predicted octanol–water partition coefficient (Wildman–Crippen LogP) is 1.67. The molecule has 88 valence electrons. The Morgan fingerprint density at radius 1 is 1.56 bits per heavy atom. The average molecular weight is 242 g/mol. The number of nitrogens with two attached hydrogens (primary N) is 1. The Bertz CT molecular complexity index is 325. The van der Waals surface area contributed by atoms with E-state index in [4.69, 9.17) is 22.2 Å². The maximum atomic E-state index is 5.76. The lowest BCUT2D eigenvalue weighted by molar-refractivity contribution is 0.0389. The maximum Gasteiger partial charge on any atom is 0.129 e. The molecule has 1 aliphatic rings. The van der Waals surface area contributed by atoms with Crippen molar-refractivity contribution in [2.75, 3.05) is 13.2 Å². The maximum absolute atomic E-state index is 5.76. The SMILES string of the molecule is NNC(c1ccc(Cl)nc1)C1CCCOC1. The summed E-state index contributed by atoms with van der Waals surface area (Å²) in [6, 6.07) is 3.82. The van der Waals surface area contributed by atoms with Crippen LogP contribution in [0.4, 0.5) is 0 Å². The van der Waals surface area contributed by atoms with E-state index in [0.29, 0.717) is 11.1 Å². The van der Waals surface area contributed by atoms with Gasteiger partial charge in [0.15, 0.2) is 0 Å². The lowest BCUT2D eigenvalue weighted by Crippen LogP contribution is -2.37. The van der Waals surface area contributed by atoms with Gasteiger partial charge in [0.1, 0.15) is 5.15 Å². The number of aromatic nitrogens is 1. The molecule has 1 aromatic rings. The number of halogens is 1. The summed E-state index contributed by atoms with van der Waals surface area (Å²) in [7, 11) is 0. The molecule has 1 aliphatic heterocycles. The molecule has 0 radical (unpaired) electrons. The first-order valence-corrected chi connectivity index (χ1v) is 5.84. The van der Waals surface area contributed by atoms with Gasteiger partial charge in [-0.3, -0.25) is 11.3 Å². The van der Waals surface area contributed by atoms with Gasteiger partial charge < -0.3 is 4.74 Å². The summed E-state index contributed by atoms with van der Waals surface area (Å²) in [6.45, 7) is 1.60. The smallest absolute Gasteiger partial charge is 0.129 e. The minimum absolute atomic E-state index is 0.0880. The molecule has 2 rings (SSSR count). The minimum Gasteiger partial charge on any atom is -0.381 e. The molecule has 1 fully saturated rings. The van der Waals surface area contributed by atoms with Crippen molar-refractivity contribution in [1.82, 2.24) is 10.4 Å². The molecule has 0 aliphatic carbocycles. The van der Waals surface area contributed by atoms with Gasteiger partial charge in [-0.2, -0.15) is 0 Å². The molecule has 4 nitrogen and oxygen atoms in total. The molecule has 0 aromatic carbocycles. The van der Waals surface area contributed by atoms with Gasteiger partial charge >= 0.3 is 0 Å². The summed E-state index contributed by atoms with van der Waals surface area (Å²) in [5.41, 5.74) is 3.90. The fourth-order valence-corrected chi connectivity index (χ4v) is 2.22. The molecule has 0 bridgehead atoms. The van der Waals surface area contributed by atoms with Crippen LogP contribution in [0.3, 0.4) is 0 Å². The van der Waals surface area contributed by atoms with Crippen molar-refractivity contribution >= 4 is 11.6 Å². The van der Waals surface area contributed by atoms with Crippen molar-refractivity contribution in [1.29, 1.82) is 0 Å². The van der Waals surface area contributed by atoms with E-state index >= 15 is 0 Å². The molecule has 2 unspecified atom stereocenters. The van der Waals surface area contributed by atoms with Crippen LogP contribution >= 0.6 is 11.6 Å². The largest absolute Gasteiger partial charge is 0.381 e. The monoisotopic (exact) mass is 241 g/mol. The fraction of sp³-hybridized carbons (Fsp3) is 0.545. The lowest BCUT2D eigenvalue weighted by Gasteiger charge is -2.29. The zero-order valence-corrected chi connectivity index (χ0v) is 9.78. The third-order valence-electron chi connectivity index (χ3n) is 2.96. The van der Waals surface area contributed by atoms with Crippen LogP contribution < -0.4 is 11.3 Å². The summed E-state index contributed by atoms with van der Waals surface area (Å²) in [4.78, 5) is 4.07. The molecule has 3 N–H and O–H groups in total. The second-order valence-corrected chi connectivity index (χ2v) is 4.42. The molecular weight excluding hydrogens is 226 g/mol. The van der Waals surface area contributed by atoms with Crippen LogP contribution in [-0.2, 0) is 4.74 Å². The van der Waals surface area contributed by atoms with Crippen molar-refractivity contribution in [3.05, 3.63) is 29.0 Å². The third kappa shape index (κ3) is 2.71. The molecule has 2 atom stereocenters. The highest BCUT2D eigenvalue weighted by molar-refractivity contribution is 6.29. The molecule has 1 saturated heterocycles. The molecule has 0 amide bonds. The van der Waals surface area contributed by atoms with Crippen LogP contribution in [0.25, 0.3) is 0 Å². The number of ether oxygens (including phenoxy) is 1. The van der Waals surface area contributed by atoms with E-state index in [2.05, 4.69) is 10.4 Å². The van der Waals surface area contributed by atoms with Crippen molar-refractivity contribution in [3.63, 3.8) is 0 Å². The Morgan fingerprint density at radius 3 is 3.00 bits per heavy atom. The summed E-state index contributed by atoms with van der Waals surface area (Å²) in [6.07, 6.45) is 3.98. The van der Waals surface area contributed by atoms with Crippen molar-refractivity contribution in [2.45, 2.75) is 18.9 Å². The average Bonchev–Trinajstić information content (AvgIpc) is 2.34. The van der Waals surface area contributed by atoms with E-state index in [1.54, 1.807) is 12.3 Å². The van der Waals surface area contributed by atoms with Crippen LogP contribution in [0.15, 0.2) is 18.3 Å². The molecule has 0 saturated carbocycles. The van der Waals surface area contributed by atoms with Gasteiger partial charge in [0, 0.05) is 18.7 Å². The minimum atomic E-state index is 0.0880. The zero-order chi connectivity index (χ0) is 11.4. The van der Waals surface area contributed by atoms with Gasteiger partial charge in [0.2, 0.25) is 0 Å². The fourth-order valence-electron chi connectivity index (χ4n) is 2.10. The van der Waals surface area contributed by atoms with Crippen LogP contribution in [-0.4, -0.2) is 18.2 Å². The van der Waals surface area contributed by atoms with E-state index in [-0.39, 0.29) is 6.04 Å². The summed E-state index contributed by atoms with van der Waals surface area (Å²) in [5, 5.41) is 0.499. The Morgan fingerprint density at radius 2 is 2.44 bits per heavy atom. The Balaban J connectivity index is 2.11. The molecular formula is C11H16ClN3O. The highest BCUT2D eigenvalue weighted by Gasteiger charge is 2.24. The molecule has 5 heteroatoms. The topological polar surface area (TPSA) is 60.2 Å². The normalized spacial score (nSPS) is 23.0. The van der Waals surface area contributed by atoms with Gasteiger partial charge in [0.05, 0.1) is 12.6 Å². The van der Waals surface area contributed by atoms with Crippen molar-refractivity contribution in [3.8, 4) is 0 Å². The quantitative estimate of drug-likeness (QED) is 0.480. The van der Waals surface area contributed by atoms with E-state index in [9.17, 15) is 0 Å². The van der Waals surface area contributed by atoms with Crippen LogP contribution in [0.1, 0.15) is 24.4 Å². The summed E-state index contributed by atoms with van der Waals surface area (Å²) >= 11 is 5.76. The third-order valence-corrected chi connectivity index (χ3v) is 3.18. The van der Waals surface area contributed by atoms with Gasteiger partial charge in [-0.1, -0.05) is 17.7 Å². The Labute approximate surface area is 100 Å². The second kappa shape index (κ2) is 5.59. The Hall–Kier alpha value is -0.680. The van der Waals surface area contributed by atoms with E-state index in [0.717, 1.165) is 31.6 Å². The van der Waals surface area contributed by atoms with Gasteiger partial charge in [-0.05, 0) is 24.5 Å². The van der Waals surface area contributed by atoms with Crippen LogP contribution in [0.2, 0.25) is 5.15 Å². The molecule has 16 heavy (non-hydrogen) atoms. The standard InChI is InChI=1S/C11H16ClN3O/c12-10-4-3-8(6-14-10)11(15-13)9-2-1-5-16-7-9/h3-4,6,9,11,15H,1-2,5,7,13H2. The summed E-state index contributed by atoms with van der Waals surface area (Å²) < 4.78 is 5.47. The molecule has 2 heterocycles. The van der Waals surface area contributed by atoms with Gasteiger partial charge in [-0.15, -0.1) is 0 Å². The number of rotatable bonds is 3. The second-order valence-electron chi connectivity index (χ2n) is 4.04. The first kappa shape index (κ1) is 11.8. The van der Waals surface area contributed by atoms with Gasteiger partial charge in [-0.25, -0.2) is 4.98 Å². The number of hydrazine groups is 1. The highest BCUT2D eigenvalue weighted by Crippen LogP contribution is 2.28. The van der Waals surface area contributed by atoms with Crippen LogP contribution in [0.5, 0.6) is 0 Å². The highest BCUT2D eigenvalue weighted by atomic mass is 35.5. The van der Waals surface area contributed by atoms with Gasteiger partial charge in [0.25, 0.3) is 0 Å². The van der Waals surface area contributed by atoms with E-state index < -0.39 is 0 Å². The number of hydrogen-bond acceptors (Lipinski definition) is 4. The van der Waals surface area contributed by atoms with E-state index in [1.807, 2.05) is 6.07 Å². The van der Waals surface area contributed by atoms with E-state index in [1.165, 1.54) is 0 Å². The van der Waals surface area contributed by atoms with Crippen molar-refractivity contribution in [2.24, 2.45) is 11.8 Å². The first-order valence-electron chi connectivity index (χ1n) is 5.46. The number of nitrogens with one attached hydrogen (secondary N) is 1. The van der Waals surface area contributed by atoms with Crippen molar-refractivity contribution < 1.29 is 4.74 Å². The molecule has 0 spiro atoms. The number of hydrogen-bond donors (Lipinski definition) is 2. The summed E-state index contributed by atoms with van der Waals surface area (Å²) in [5.74, 6) is 6.01.